The minimum absolute atomic E-state index is 0.386. The summed E-state index contributed by atoms with van der Waals surface area (Å²) in [7, 11) is 0. The van der Waals surface area contributed by atoms with Gasteiger partial charge in [-0.25, -0.2) is 4.79 Å². The fourth-order valence-electron chi connectivity index (χ4n) is 0.741. The number of nitrogens with two attached hydrogens (primary N) is 1. The van der Waals surface area contributed by atoms with Crippen molar-refractivity contribution in [3.05, 3.63) is 0 Å². The molecule has 0 heterocycles. The van der Waals surface area contributed by atoms with Crippen molar-refractivity contribution >= 4 is 28.6 Å². The van der Waals surface area contributed by atoms with Crippen molar-refractivity contribution in [1.82, 2.24) is 4.90 Å². The molecule has 2 N–H and O–H groups in total. The molecule has 0 saturated carbocycles. The van der Waals surface area contributed by atoms with E-state index in [1.807, 2.05) is 22.6 Å². The molecule has 0 aromatic rings. The Morgan fingerprint density at radius 3 is 2.75 bits per heavy atom. The Labute approximate surface area is 86.8 Å². The predicted octanol–water partition coefficient (Wildman–Crippen LogP) is 1.56. The van der Waals surface area contributed by atoms with Crippen molar-refractivity contribution in [2.45, 2.75) is 19.8 Å². The first-order valence-electron chi connectivity index (χ1n) is 3.85. The first-order chi connectivity index (χ1) is 5.72. The Hall–Kier alpha value is -0.440. The third kappa shape index (κ3) is 5.24. The zero-order chi connectivity index (χ0) is 9.40. The number of primary amides is 1. The van der Waals surface area contributed by atoms with Crippen LogP contribution < -0.4 is 5.73 Å². The lowest BCUT2D eigenvalue weighted by molar-refractivity contribution is 0.213. The van der Waals surface area contributed by atoms with Crippen LogP contribution in [0.1, 0.15) is 19.8 Å². The Morgan fingerprint density at radius 1 is 1.67 bits per heavy atom. The SMILES string of the molecule is CCCCN(CC#CI)C(N)=O. The second kappa shape index (κ2) is 7.22. The number of carbonyl (C=O) groups excluding carboxylic acids is 1. The molecule has 68 valence electrons. The molecule has 0 spiro atoms. The number of halogens is 1. The van der Waals surface area contributed by atoms with E-state index in [0.29, 0.717) is 13.1 Å². The van der Waals surface area contributed by atoms with Gasteiger partial charge in [0.1, 0.15) is 0 Å². The van der Waals surface area contributed by atoms with Crippen LogP contribution in [0.25, 0.3) is 0 Å². The van der Waals surface area contributed by atoms with Gasteiger partial charge in [-0.2, -0.15) is 0 Å². The van der Waals surface area contributed by atoms with Gasteiger partial charge in [-0.3, -0.25) is 0 Å². The first kappa shape index (κ1) is 11.6. The van der Waals surface area contributed by atoms with Gasteiger partial charge in [-0.15, -0.1) is 0 Å². The summed E-state index contributed by atoms with van der Waals surface area (Å²) in [5.41, 5.74) is 5.14. The number of amides is 2. The Bertz CT molecular complexity index is 195. The third-order valence-electron chi connectivity index (χ3n) is 1.43. The summed E-state index contributed by atoms with van der Waals surface area (Å²) in [5.74, 6) is 2.80. The van der Waals surface area contributed by atoms with Crippen LogP contribution >= 0.6 is 22.6 Å². The summed E-state index contributed by atoms with van der Waals surface area (Å²) in [6.07, 6.45) is 2.04. The molecule has 0 saturated heterocycles. The summed E-state index contributed by atoms with van der Waals surface area (Å²) in [5, 5.41) is 0. The molecule has 0 bridgehead atoms. The van der Waals surface area contributed by atoms with Gasteiger partial charge in [0.2, 0.25) is 0 Å². The summed E-state index contributed by atoms with van der Waals surface area (Å²) < 4.78 is 2.70. The lowest BCUT2D eigenvalue weighted by atomic mass is 10.3. The number of nitrogens with zero attached hydrogens (tertiary/aromatic N) is 1. The molecule has 12 heavy (non-hydrogen) atoms. The van der Waals surface area contributed by atoms with E-state index >= 15 is 0 Å². The van der Waals surface area contributed by atoms with Crippen LogP contribution in [0.5, 0.6) is 0 Å². The van der Waals surface area contributed by atoms with Crippen molar-refractivity contribution in [3.63, 3.8) is 0 Å². The van der Waals surface area contributed by atoms with E-state index in [0.717, 1.165) is 12.8 Å². The fraction of sp³-hybridized carbons (Fsp3) is 0.625. The molecular formula is C8H13IN2O. The van der Waals surface area contributed by atoms with Crippen molar-refractivity contribution in [2.75, 3.05) is 13.1 Å². The van der Waals surface area contributed by atoms with E-state index in [4.69, 9.17) is 5.73 Å². The molecular weight excluding hydrogens is 267 g/mol. The van der Waals surface area contributed by atoms with Gasteiger partial charge < -0.3 is 10.6 Å². The monoisotopic (exact) mass is 280 g/mol. The second-order valence-corrected chi connectivity index (χ2v) is 2.92. The molecule has 0 aromatic carbocycles. The zero-order valence-corrected chi connectivity index (χ0v) is 9.30. The standard InChI is InChI=1S/C8H13IN2O/c1-2-3-6-11(8(10)12)7-4-5-9/h2-3,6-7H2,1H3,(H2,10,12). The van der Waals surface area contributed by atoms with Crippen LogP contribution in [0, 0.1) is 9.85 Å². The summed E-state index contributed by atoms with van der Waals surface area (Å²) in [6.45, 7) is 3.22. The lowest BCUT2D eigenvalue weighted by Crippen LogP contribution is -2.36. The molecule has 2 amide bonds. The van der Waals surface area contributed by atoms with E-state index in [9.17, 15) is 4.79 Å². The van der Waals surface area contributed by atoms with Gasteiger partial charge in [-0.05, 0) is 10.3 Å². The Balaban J connectivity index is 3.83. The van der Waals surface area contributed by atoms with E-state index in [2.05, 4.69) is 16.8 Å². The first-order valence-corrected chi connectivity index (χ1v) is 4.93. The molecule has 0 aromatic heterocycles. The van der Waals surface area contributed by atoms with Crippen molar-refractivity contribution in [1.29, 1.82) is 0 Å². The molecule has 3 nitrogen and oxygen atoms in total. The number of unbranched alkanes of at least 4 members (excludes halogenated alkanes) is 1. The normalized spacial score (nSPS) is 8.50. The molecule has 0 aliphatic carbocycles. The zero-order valence-electron chi connectivity index (χ0n) is 7.14. The highest BCUT2D eigenvalue weighted by Crippen LogP contribution is 1.93. The Morgan fingerprint density at radius 2 is 2.33 bits per heavy atom. The van der Waals surface area contributed by atoms with Crippen molar-refractivity contribution < 1.29 is 4.79 Å². The van der Waals surface area contributed by atoms with Crippen LogP contribution in [0.15, 0.2) is 0 Å². The number of carbonyl (C=O) groups is 1. The molecule has 0 rings (SSSR count). The largest absolute Gasteiger partial charge is 0.351 e. The van der Waals surface area contributed by atoms with Gasteiger partial charge in [0.05, 0.1) is 6.54 Å². The van der Waals surface area contributed by atoms with Gasteiger partial charge in [-0.1, -0.05) is 19.3 Å². The summed E-state index contributed by atoms with van der Waals surface area (Å²) in [6, 6.07) is -0.386. The van der Waals surface area contributed by atoms with E-state index in [-0.39, 0.29) is 6.03 Å². The minimum atomic E-state index is -0.386. The van der Waals surface area contributed by atoms with Crippen LogP contribution in [-0.4, -0.2) is 24.0 Å². The van der Waals surface area contributed by atoms with Gasteiger partial charge in [0.25, 0.3) is 0 Å². The van der Waals surface area contributed by atoms with Crippen LogP contribution in [-0.2, 0) is 0 Å². The minimum Gasteiger partial charge on any atom is -0.351 e. The number of urea groups is 1. The second-order valence-electron chi connectivity index (χ2n) is 2.38. The summed E-state index contributed by atoms with van der Waals surface area (Å²) in [4.78, 5) is 12.3. The Kier molecular flexibility index (Phi) is 6.96. The van der Waals surface area contributed by atoms with Gasteiger partial charge >= 0.3 is 6.03 Å². The molecule has 0 unspecified atom stereocenters. The highest BCUT2D eigenvalue weighted by atomic mass is 127. The van der Waals surface area contributed by atoms with Crippen LogP contribution in [0.4, 0.5) is 4.79 Å². The molecule has 0 fully saturated rings. The predicted molar refractivity (Wildman–Crippen MR) is 57.9 cm³/mol. The van der Waals surface area contributed by atoms with Crippen molar-refractivity contribution in [3.8, 4) is 9.85 Å². The number of hydrogen-bond donors (Lipinski definition) is 1. The number of hydrogen-bond acceptors (Lipinski definition) is 1. The van der Waals surface area contributed by atoms with E-state index in [1.165, 1.54) is 0 Å². The van der Waals surface area contributed by atoms with Crippen molar-refractivity contribution in [2.24, 2.45) is 5.73 Å². The molecule has 0 radical (unpaired) electrons. The highest BCUT2D eigenvalue weighted by Gasteiger charge is 2.05. The summed E-state index contributed by atoms with van der Waals surface area (Å²) >= 11 is 1.94. The van der Waals surface area contributed by atoms with Gasteiger partial charge in [0.15, 0.2) is 0 Å². The van der Waals surface area contributed by atoms with E-state index in [1.54, 1.807) is 4.90 Å². The maximum atomic E-state index is 10.8. The van der Waals surface area contributed by atoms with Crippen LogP contribution in [0.3, 0.4) is 0 Å². The maximum absolute atomic E-state index is 10.8. The molecule has 4 heteroatoms. The average molecular weight is 280 g/mol. The lowest BCUT2D eigenvalue weighted by Gasteiger charge is -2.16. The van der Waals surface area contributed by atoms with E-state index < -0.39 is 0 Å². The fourth-order valence-corrected chi connectivity index (χ4v) is 0.912. The maximum Gasteiger partial charge on any atom is 0.315 e. The van der Waals surface area contributed by atoms with Crippen LogP contribution in [0.2, 0.25) is 0 Å². The molecule has 0 aliphatic heterocycles. The quantitative estimate of drug-likeness (QED) is 0.616. The topological polar surface area (TPSA) is 46.3 Å². The molecule has 0 atom stereocenters. The third-order valence-corrected chi connectivity index (χ3v) is 1.81. The van der Waals surface area contributed by atoms with Gasteiger partial charge in [0, 0.05) is 29.1 Å². The average Bonchev–Trinajstić information content (AvgIpc) is 2.04. The smallest absolute Gasteiger partial charge is 0.315 e. The highest BCUT2D eigenvalue weighted by molar-refractivity contribution is 14.1. The molecule has 0 aliphatic rings. The number of rotatable bonds is 4.